The average Bonchev–Trinajstić information content (AvgIpc) is 3.04. The lowest BCUT2D eigenvalue weighted by Gasteiger charge is -2.12. The third-order valence-electron chi connectivity index (χ3n) is 3.07. The summed E-state index contributed by atoms with van der Waals surface area (Å²) in [5.74, 6) is -0.101. The van der Waals surface area contributed by atoms with Crippen LogP contribution in [0.5, 0.6) is 0 Å². The Morgan fingerprint density at radius 1 is 1.37 bits per heavy atom. The Bertz CT molecular complexity index is 639. The minimum atomic E-state index is -0.173. The quantitative estimate of drug-likeness (QED) is 0.894. The summed E-state index contributed by atoms with van der Waals surface area (Å²) in [4.78, 5) is 12.1. The molecule has 5 nitrogen and oxygen atoms in total. The van der Waals surface area contributed by atoms with Gasteiger partial charge in [0.1, 0.15) is 11.0 Å². The van der Waals surface area contributed by atoms with Crippen LogP contribution in [0, 0.1) is 0 Å². The van der Waals surface area contributed by atoms with Gasteiger partial charge in [-0.1, -0.05) is 23.2 Å². The zero-order valence-electron chi connectivity index (χ0n) is 9.74. The van der Waals surface area contributed by atoms with E-state index in [0.29, 0.717) is 26.8 Å². The van der Waals surface area contributed by atoms with E-state index in [9.17, 15) is 4.79 Å². The fourth-order valence-electron chi connectivity index (χ4n) is 2.11. The molecule has 1 aromatic carbocycles. The van der Waals surface area contributed by atoms with E-state index in [0.717, 1.165) is 31.1 Å². The fourth-order valence-corrected chi connectivity index (χ4v) is 3.27. The lowest BCUT2D eigenvalue weighted by molar-refractivity contribution is -0.117. The van der Waals surface area contributed by atoms with Crippen molar-refractivity contribution in [3.63, 3.8) is 0 Å². The molecule has 1 fully saturated rings. The Morgan fingerprint density at radius 2 is 2.16 bits per heavy atom. The molecule has 1 saturated heterocycles. The summed E-state index contributed by atoms with van der Waals surface area (Å²) in [5, 5.41) is 6.76. The van der Waals surface area contributed by atoms with Crippen molar-refractivity contribution in [3.05, 3.63) is 16.1 Å². The number of amides is 1. The van der Waals surface area contributed by atoms with E-state index in [1.165, 1.54) is 0 Å². The van der Waals surface area contributed by atoms with Gasteiger partial charge in [-0.2, -0.15) is 8.75 Å². The monoisotopic (exact) mass is 316 g/mol. The Labute approximate surface area is 123 Å². The van der Waals surface area contributed by atoms with E-state index in [-0.39, 0.29) is 11.9 Å². The minimum absolute atomic E-state index is 0.101. The number of nitrogens with zero attached hydrogens (tertiary/aromatic N) is 2. The first-order chi connectivity index (χ1) is 9.16. The van der Waals surface area contributed by atoms with E-state index in [1.54, 1.807) is 6.07 Å². The normalized spacial score (nSPS) is 18.9. The molecule has 8 heteroatoms. The molecule has 3 rings (SSSR count). The molecule has 2 N–H and O–H groups in total. The summed E-state index contributed by atoms with van der Waals surface area (Å²) in [6.07, 6.45) is 1.83. The zero-order valence-corrected chi connectivity index (χ0v) is 12.1. The van der Waals surface area contributed by atoms with Crippen molar-refractivity contribution in [1.82, 2.24) is 14.1 Å². The number of benzene rings is 1. The number of fused-ring (bicyclic) bond motifs is 1. The van der Waals surface area contributed by atoms with Crippen LogP contribution in [0.1, 0.15) is 12.8 Å². The van der Waals surface area contributed by atoms with Crippen LogP contribution in [-0.4, -0.2) is 27.2 Å². The predicted octanol–water partition coefficient (Wildman–Crippen LogP) is 2.69. The van der Waals surface area contributed by atoms with Gasteiger partial charge in [-0.3, -0.25) is 4.79 Å². The van der Waals surface area contributed by atoms with Gasteiger partial charge in [0.15, 0.2) is 0 Å². The van der Waals surface area contributed by atoms with Gasteiger partial charge in [0.2, 0.25) is 5.91 Å². The highest BCUT2D eigenvalue weighted by Gasteiger charge is 2.24. The number of hydrogen-bond acceptors (Lipinski definition) is 5. The molecule has 1 aliphatic heterocycles. The minimum Gasteiger partial charge on any atom is -0.322 e. The first-order valence-electron chi connectivity index (χ1n) is 5.81. The van der Waals surface area contributed by atoms with Crippen molar-refractivity contribution >= 4 is 57.6 Å². The van der Waals surface area contributed by atoms with Gasteiger partial charge in [0, 0.05) is 0 Å². The average molecular weight is 317 g/mol. The van der Waals surface area contributed by atoms with Crippen LogP contribution in [0.15, 0.2) is 6.07 Å². The number of halogens is 2. The van der Waals surface area contributed by atoms with E-state index in [1.807, 2.05) is 0 Å². The lowest BCUT2D eigenvalue weighted by Crippen LogP contribution is -2.35. The molecule has 19 heavy (non-hydrogen) atoms. The number of hydrogen-bond donors (Lipinski definition) is 2. The molecule has 0 radical (unpaired) electrons. The summed E-state index contributed by atoms with van der Waals surface area (Å²) >= 11 is 13.2. The second kappa shape index (κ2) is 5.20. The molecule has 0 bridgehead atoms. The lowest BCUT2D eigenvalue weighted by atomic mass is 10.2. The van der Waals surface area contributed by atoms with Gasteiger partial charge in [-0.15, -0.1) is 0 Å². The van der Waals surface area contributed by atoms with Crippen molar-refractivity contribution in [2.45, 2.75) is 18.9 Å². The maximum Gasteiger partial charge on any atom is 0.241 e. The van der Waals surface area contributed by atoms with Gasteiger partial charge in [-0.25, -0.2) is 0 Å². The van der Waals surface area contributed by atoms with Crippen molar-refractivity contribution in [2.24, 2.45) is 0 Å². The Kier molecular flexibility index (Phi) is 3.58. The molecular formula is C11H10Cl2N4OS. The molecule has 0 aliphatic carbocycles. The molecule has 1 aromatic heterocycles. The van der Waals surface area contributed by atoms with Gasteiger partial charge >= 0.3 is 0 Å². The van der Waals surface area contributed by atoms with Crippen molar-refractivity contribution in [2.75, 3.05) is 11.9 Å². The summed E-state index contributed by atoms with van der Waals surface area (Å²) in [7, 11) is 0. The number of anilines is 1. The Balaban J connectivity index is 1.96. The summed E-state index contributed by atoms with van der Waals surface area (Å²) < 4.78 is 8.24. The Hall–Kier alpha value is -0.950. The number of carbonyl (C=O) groups excluding carboxylic acids is 1. The first-order valence-corrected chi connectivity index (χ1v) is 7.30. The third kappa shape index (κ3) is 2.41. The van der Waals surface area contributed by atoms with E-state index < -0.39 is 0 Å². The van der Waals surface area contributed by atoms with Crippen molar-refractivity contribution < 1.29 is 4.79 Å². The molecule has 2 aromatic rings. The second-order valence-corrected chi connectivity index (χ2v) is 5.66. The van der Waals surface area contributed by atoms with Crippen LogP contribution < -0.4 is 10.6 Å². The van der Waals surface area contributed by atoms with Crippen LogP contribution in [0.2, 0.25) is 10.0 Å². The SMILES string of the molecule is O=C(Nc1c(Cl)cc(Cl)c2nsnc12)[C@H]1CCCN1. The molecule has 0 spiro atoms. The van der Waals surface area contributed by atoms with Gasteiger partial charge in [-0.05, 0) is 25.5 Å². The van der Waals surface area contributed by atoms with Gasteiger partial charge < -0.3 is 10.6 Å². The fraction of sp³-hybridized carbons (Fsp3) is 0.364. The first kappa shape index (κ1) is 13.1. The van der Waals surface area contributed by atoms with Crippen LogP contribution in [0.25, 0.3) is 11.0 Å². The van der Waals surface area contributed by atoms with Gasteiger partial charge in [0.05, 0.1) is 33.5 Å². The number of aromatic nitrogens is 2. The molecule has 2 heterocycles. The van der Waals surface area contributed by atoms with E-state index in [4.69, 9.17) is 23.2 Å². The molecular weight excluding hydrogens is 307 g/mol. The third-order valence-corrected chi connectivity index (χ3v) is 4.18. The largest absolute Gasteiger partial charge is 0.322 e. The Morgan fingerprint density at radius 3 is 2.89 bits per heavy atom. The second-order valence-electron chi connectivity index (χ2n) is 4.31. The molecule has 1 amide bonds. The predicted molar refractivity (Wildman–Crippen MR) is 77.1 cm³/mol. The highest BCUT2D eigenvalue weighted by Crippen LogP contribution is 2.35. The molecule has 100 valence electrons. The van der Waals surface area contributed by atoms with Gasteiger partial charge in [0.25, 0.3) is 0 Å². The smallest absolute Gasteiger partial charge is 0.241 e. The molecule has 1 aliphatic rings. The van der Waals surface area contributed by atoms with Crippen LogP contribution >= 0.6 is 34.9 Å². The molecule has 0 unspecified atom stereocenters. The number of rotatable bonds is 2. The van der Waals surface area contributed by atoms with Crippen molar-refractivity contribution in [3.8, 4) is 0 Å². The van der Waals surface area contributed by atoms with Crippen LogP contribution in [-0.2, 0) is 4.79 Å². The standard InChI is InChI=1S/C11H10Cl2N4OS/c12-5-4-6(13)9-10(17-19-16-9)8(5)15-11(18)7-2-1-3-14-7/h4,7,14H,1-3H2,(H,15,18)/t7-/m1/s1. The summed E-state index contributed by atoms with van der Waals surface area (Å²) in [5.41, 5.74) is 1.58. The summed E-state index contributed by atoms with van der Waals surface area (Å²) in [6.45, 7) is 0.861. The maximum atomic E-state index is 12.1. The molecule has 0 saturated carbocycles. The van der Waals surface area contributed by atoms with E-state index in [2.05, 4.69) is 19.4 Å². The highest BCUT2D eigenvalue weighted by molar-refractivity contribution is 7.00. The maximum absolute atomic E-state index is 12.1. The van der Waals surface area contributed by atoms with Crippen molar-refractivity contribution in [1.29, 1.82) is 0 Å². The van der Waals surface area contributed by atoms with Crippen LogP contribution in [0.3, 0.4) is 0 Å². The molecule has 1 atom stereocenters. The van der Waals surface area contributed by atoms with E-state index >= 15 is 0 Å². The highest BCUT2D eigenvalue weighted by atomic mass is 35.5. The zero-order chi connectivity index (χ0) is 13.4. The summed E-state index contributed by atoms with van der Waals surface area (Å²) in [6, 6.07) is 1.40. The van der Waals surface area contributed by atoms with Crippen LogP contribution in [0.4, 0.5) is 5.69 Å². The number of nitrogens with one attached hydrogen (secondary N) is 2. The number of carbonyl (C=O) groups is 1. The topological polar surface area (TPSA) is 66.9 Å².